The molecule has 4 heteroatoms. The molecule has 0 aromatic heterocycles. The topological polar surface area (TPSA) is 58.6 Å². The van der Waals surface area contributed by atoms with Crippen LogP contribution in [0.15, 0.2) is 54.6 Å². The molecule has 1 unspecified atom stereocenters. The van der Waals surface area contributed by atoms with Crippen molar-refractivity contribution >= 4 is 11.7 Å². The molecule has 0 saturated carbocycles. The Labute approximate surface area is 111 Å². The van der Waals surface area contributed by atoms with Gasteiger partial charge >= 0.3 is 5.97 Å². The van der Waals surface area contributed by atoms with E-state index in [1.165, 1.54) is 0 Å². The molecule has 2 aromatic rings. The highest BCUT2D eigenvalue weighted by Gasteiger charge is 2.09. The Bertz CT molecular complexity index is 537. The van der Waals surface area contributed by atoms with Crippen LogP contribution in [0.5, 0.6) is 11.5 Å². The number of hydrogen-bond acceptors (Lipinski definition) is 3. The third-order valence-electron chi connectivity index (χ3n) is 2.59. The fourth-order valence-electron chi connectivity index (χ4n) is 1.56. The summed E-state index contributed by atoms with van der Waals surface area (Å²) in [6.45, 7) is 1.59. The molecule has 0 aliphatic carbocycles. The Morgan fingerprint density at radius 3 is 2.21 bits per heavy atom. The van der Waals surface area contributed by atoms with Crippen LogP contribution in [-0.2, 0) is 4.79 Å². The lowest BCUT2D eigenvalue weighted by Crippen LogP contribution is -2.25. The van der Waals surface area contributed by atoms with Crippen molar-refractivity contribution in [2.45, 2.75) is 13.0 Å². The Morgan fingerprint density at radius 2 is 1.63 bits per heavy atom. The van der Waals surface area contributed by atoms with Gasteiger partial charge in [-0.15, -0.1) is 0 Å². The van der Waals surface area contributed by atoms with Crippen LogP contribution in [0.2, 0.25) is 0 Å². The van der Waals surface area contributed by atoms with Gasteiger partial charge in [-0.1, -0.05) is 18.2 Å². The lowest BCUT2D eigenvalue weighted by molar-refractivity contribution is -0.137. The first-order valence-electron chi connectivity index (χ1n) is 5.97. The Balaban J connectivity index is 2.01. The van der Waals surface area contributed by atoms with Gasteiger partial charge in [0.2, 0.25) is 0 Å². The van der Waals surface area contributed by atoms with Gasteiger partial charge in [-0.3, -0.25) is 4.79 Å². The Kier molecular flexibility index (Phi) is 4.03. The first-order valence-corrected chi connectivity index (χ1v) is 5.97. The molecule has 0 heterocycles. The summed E-state index contributed by atoms with van der Waals surface area (Å²) in [6, 6.07) is 16.0. The molecule has 0 radical (unpaired) electrons. The van der Waals surface area contributed by atoms with Crippen molar-refractivity contribution in [2.24, 2.45) is 0 Å². The van der Waals surface area contributed by atoms with Gasteiger partial charge in [0, 0.05) is 5.69 Å². The minimum atomic E-state index is -0.885. The number of anilines is 1. The summed E-state index contributed by atoms with van der Waals surface area (Å²) in [6.07, 6.45) is 0. The molecule has 4 nitrogen and oxygen atoms in total. The molecule has 0 saturated heterocycles. The largest absolute Gasteiger partial charge is 0.480 e. The van der Waals surface area contributed by atoms with E-state index < -0.39 is 12.0 Å². The first kappa shape index (κ1) is 13.0. The number of para-hydroxylation sites is 1. The smallest absolute Gasteiger partial charge is 0.325 e. The van der Waals surface area contributed by atoms with Crippen molar-refractivity contribution in [2.75, 3.05) is 5.32 Å². The van der Waals surface area contributed by atoms with E-state index in [-0.39, 0.29) is 0 Å². The number of carboxylic acid groups (broad SMARTS) is 1. The summed E-state index contributed by atoms with van der Waals surface area (Å²) in [5.41, 5.74) is 0.746. The van der Waals surface area contributed by atoms with Gasteiger partial charge in [0.1, 0.15) is 17.5 Å². The van der Waals surface area contributed by atoms with Gasteiger partial charge in [-0.2, -0.15) is 0 Å². The van der Waals surface area contributed by atoms with Gasteiger partial charge in [0.25, 0.3) is 0 Å². The molecule has 2 N–H and O–H groups in total. The lowest BCUT2D eigenvalue weighted by atomic mass is 10.2. The highest BCUT2D eigenvalue weighted by Crippen LogP contribution is 2.22. The van der Waals surface area contributed by atoms with Gasteiger partial charge in [0.15, 0.2) is 0 Å². The zero-order chi connectivity index (χ0) is 13.7. The number of carbonyl (C=O) groups is 1. The van der Waals surface area contributed by atoms with Gasteiger partial charge in [0.05, 0.1) is 0 Å². The predicted octanol–water partition coefficient (Wildman–Crippen LogP) is 3.36. The molecule has 0 aliphatic rings. The van der Waals surface area contributed by atoms with Crippen LogP contribution in [-0.4, -0.2) is 17.1 Å². The van der Waals surface area contributed by atoms with Crippen LogP contribution in [0.4, 0.5) is 5.69 Å². The number of ether oxygens (including phenoxy) is 1. The number of benzene rings is 2. The summed E-state index contributed by atoms with van der Waals surface area (Å²) in [7, 11) is 0. The fraction of sp³-hybridized carbons (Fsp3) is 0.133. The fourth-order valence-corrected chi connectivity index (χ4v) is 1.56. The molecular formula is C15H15NO3. The van der Waals surface area contributed by atoms with E-state index in [4.69, 9.17) is 9.84 Å². The van der Waals surface area contributed by atoms with Gasteiger partial charge in [-0.25, -0.2) is 0 Å². The molecular weight excluding hydrogens is 242 g/mol. The lowest BCUT2D eigenvalue weighted by Gasteiger charge is -2.11. The second-order valence-electron chi connectivity index (χ2n) is 4.14. The second kappa shape index (κ2) is 5.91. The summed E-state index contributed by atoms with van der Waals surface area (Å²) >= 11 is 0. The molecule has 0 fully saturated rings. The van der Waals surface area contributed by atoms with E-state index in [9.17, 15) is 4.79 Å². The molecule has 1 atom stereocenters. The molecule has 2 aromatic carbocycles. The molecule has 0 amide bonds. The molecule has 19 heavy (non-hydrogen) atoms. The molecule has 2 rings (SSSR count). The van der Waals surface area contributed by atoms with E-state index in [2.05, 4.69) is 5.32 Å². The third-order valence-corrected chi connectivity index (χ3v) is 2.59. The van der Waals surface area contributed by atoms with Gasteiger partial charge < -0.3 is 15.2 Å². The standard InChI is InChI=1S/C15H15NO3/c1-11(15(17)18)16-12-7-9-14(10-8-12)19-13-5-3-2-4-6-13/h2-11,16H,1H3,(H,17,18). The summed E-state index contributed by atoms with van der Waals surface area (Å²) < 4.78 is 5.64. The SMILES string of the molecule is CC(Nc1ccc(Oc2ccccc2)cc1)C(=O)O. The summed E-state index contributed by atoms with van der Waals surface area (Å²) in [5.74, 6) is 0.589. The highest BCUT2D eigenvalue weighted by molar-refractivity contribution is 5.76. The number of rotatable bonds is 5. The number of aliphatic carboxylic acids is 1. The van der Waals surface area contributed by atoms with Crippen molar-refractivity contribution in [3.8, 4) is 11.5 Å². The number of carboxylic acids is 1. The minimum Gasteiger partial charge on any atom is -0.480 e. The maximum atomic E-state index is 10.7. The minimum absolute atomic E-state index is 0.624. The molecule has 0 spiro atoms. The monoisotopic (exact) mass is 257 g/mol. The first-order chi connectivity index (χ1) is 9.15. The number of nitrogens with one attached hydrogen (secondary N) is 1. The zero-order valence-electron chi connectivity index (χ0n) is 10.5. The second-order valence-corrected chi connectivity index (χ2v) is 4.14. The van der Waals surface area contributed by atoms with Crippen molar-refractivity contribution in [1.29, 1.82) is 0 Å². The molecule has 0 aliphatic heterocycles. The summed E-state index contributed by atoms with van der Waals surface area (Å²) in [5, 5.41) is 11.7. The average molecular weight is 257 g/mol. The van der Waals surface area contributed by atoms with Crippen LogP contribution in [0.3, 0.4) is 0 Å². The van der Waals surface area contributed by atoms with E-state index in [0.717, 1.165) is 11.4 Å². The van der Waals surface area contributed by atoms with Crippen molar-refractivity contribution in [1.82, 2.24) is 0 Å². The molecule has 0 bridgehead atoms. The predicted molar refractivity (Wildman–Crippen MR) is 73.7 cm³/mol. The molecule has 98 valence electrons. The van der Waals surface area contributed by atoms with E-state index >= 15 is 0 Å². The Hall–Kier alpha value is -2.49. The Morgan fingerprint density at radius 1 is 1.05 bits per heavy atom. The average Bonchev–Trinajstić information content (AvgIpc) is 2.42. The maximum absolute atomic E-state index is 10.7. The number of hydrogen-bond donors (Lipinski definition) is 2. The van der Waals surface area contributed by atoms with Crippen molar-refractivity contribution in [3.63, 3.8) is 0 Å². The quantitative estimate of drug-likeness (QED) is 0.862. The van der Waals surface area contributed by atoms with E-state index in [0.29, 0.717) is 5.75 Å². The van der Waals surface area contributed by atoms with Crippen LogP contribution in [0, 0.1) is 0 Å². The normalized spacial score (nSPS) is 11.6. The van der Waals surface area contributed by atoms with Crippen molar-refractivity contribution < 1.29 is 14.6 Å². The highest BCUT2D eigenvalue weighted by atomic mass is 16.5. The zero-order valence-corrected chi connectivity index (χ0v) is 10.5. The third kappa shape index (κ3) is 3.74. The van der Waals surface area contributed by atoms with Crippen LogP contribution < -0.4 is 10.1 Å². The van der Waals surface area contributed by atoms with Crippen LogP contribution in [0.25, 0.3) is 0 Å². The van der Waals surface area contributed by atoms with E-state index in [1.807, 2.05) is 30.3 Å². The van der Waals surface area contributed by atoms with Crippen LogP contribution >= 0.6 is 0 Å². The van der Waals surface area contributed by atoms with Gasteiger partial charge in [-0.05, 0) is 43.3 Å². The summed E-state index contributed by atoms with van der Waals surface area (Å²) in [4.78, 5) is 10.7. The van der Waals surface area contributed by atoms with Crippen molar-refractivity contribution in [3.05, 3.63) is 54.6 Å². The van der Waals surface area contributed by atoms with Crippen LogP contribution in [0.1, 0.15) is 6.92 Å². The maximum Gasteiger partial charge on any atom is 0.325 e. The van der Waals surface area contributed by atoms with E-state index in [1.54, 1.807) is 31.2 Å².